The number of hydrogen-bond acceptors (Lipinski definition) is 4. The molecule has 1 aromatic rings. The predicted octanol–water partition coefficient (Wildman–Crippen LogP) is 1.61. The standard InChI is InChI=1S/C13H18Cl2N4O/c1-17-9-19(16)8-13(20,12(15)3-4-12)6-10-2-5-18-7-11(10)14/h2,5,7,9,20H,3-4,6,8,16H2,1H3. The fraction of sp³-hybridized carbons (Fsp3) is 0.538. The average molecular weight is 317 g/mol. The molecule has 5 nitrogen and oxygen atoms in total. The maximum atomic E-state index is 11.0. The number of nitrogens with zero attached hydrogens (tertiary/aromatic N) is 3. The topological polar surface area (TPSA) is 74.7 Å². The monoisotopic (exact) mass is 316 g/mol. The number of halogens is 2. The van der Waals surface area contributed by atoms with Crippen LogP contribution in [0.2, 0.25) is 5.02 Å². The molecule has 3 N–H and O–H groups in total. The van der Waals surface area contributed by atoms with Crippen LogP contribution >= 0.6 is 23.2 Å². The van der Waals surface area contributed by atoms with Gasteiger partial charge in [-0.2, -0.15) is 0 Å². The van der Waals surface area contributed by atoms with Gasteiger partial charge in [-0.1, -0.05) is 11.6 Å². The number of nitrogens with two attached hydrogens (primary N) is 1. The second kappa shape index (κ2) is 5.85. The van der Waals surface area contributed by atoms with E-state index in [1.54, 1.807) is 25.5 Å². The Morgan fingerprint density at radius 3 is 2.90 bits per heavy atom. The van der Waals surface area contributed by atoms with Gasteiger partial charge >= 0.3 is 0 Å². The molecular weight excluding hydrogens is 299 g/mol. The van der Waals surface area contributed by atoms with Crippen LogP contribution < -0.4 is 5.84 Å². The van der Waals surface area contributed by atoms with Crippen molar-refractivity contribution in [2.45, 2.75) is 29.7 Å². The van der Waals surface area contributed by atoms with E-state index in [9.17, 15) is 5.11 Å². The molecule has 0 saturated heterocycles. The van der Waals surface area contributed by atoms with Gasteiger partial charge in [-0.3, -0.25) is 15.0 Å². The lowest BCUT2D eigenvalue weighted by atomic mass is 9.89. The number of aromatic nitrogens is 1. The lowest BCUT2D eigenvalue weighted by Crippen LogP contribution is -2.54. The number of aliphatic imine (C=N–C) groups is 1. The molecule has 1 aliphatic rings. The molecule has 0 amide bonds. The van der Waals surface area contributed by atoms with Gasteiger partial charge in [-0.25, -0.2) is 5.84 Å². The van der Waals surface area contributed by atoms with Crippen molar-refractivity contribution in [2.75, 3.05) is 13.6 Å². The van der Waals surface area contributed by atoms with Crippen molar-refractivity contribution in [3.05, 3.63) is 29.0 Å². The maximum absolute atomic E-state index is 11.0. The molecule has 0 radical (unpaired) electrons. The third-order valence-electron chi connectivity index (χ3n) is 3.57. The predicted molar refractivity (Wildman–Crippen MR) is 81.0 cm³/mol. The van der Waals surface area contributed by atoms with Crippen LogP contribution in [0.4, 0.5) is 0 Å². The van der Waals surface area contributed by atoms with Crippen LogP contribution in [0, 0.1) is 0 Å². The van der Waals surface area contributed by atoms with Gasteiger partial charge in [0.1, 0.15) is 5.60 Å². The van der Waals surface area contributed by atoms with E-state index in [2.05, 4.69) is 9.98 Å². The van der Waals surface area contributed by atoms with E-state index in [0.29, 0.717) is 11.4 Å². The first-order chi connectivity index (χ1) is 9.40. The van der Waals surface area contributed by atoms with Crippen molar-refractivity contribution < 1.29 is 5.11 Å². The van der Waals surface area contributed by atoms with Crippen LogP contribution in [0.5, 0.6) is 0 Å². The van der Waals surface area contributed by atoms with Gasteiger partial charge in [-0.15, -0.1) is 11.6 Å². The van der Waals surface area contributed by atoms with E-state index in [1.807, 2.05) is 0 Å². The van der Waals surface area contributed by atoms with E-state index in [-0.39, 0.29) is 6.54 Å². The third-order valence-corrected chi connectivity index (χ3v) is 4.64. The van der Waals surface area contributed by atoms with Crippen LogP contribution in [0.1, 0.15) is 18.4 Å². The number of pyridine rings is 1. The molecule has 1 unspecified atom stereocenters. The summed E-state index contributed by atoms with van der Waals surface area (Å²) >= 11 is 12.6. The third kappa shape index (κ3) is 3.23. The molecule has 2 rings (SSSR count). The van der Waals surface area contributed by atoms with Gasteiger partial charge in [0, 0.05) is 25.9 Å². The van der Waals surface area contributed by atoms with Crippen molar-refractivity contribution >= 4 is 29.5 Å². The van der Waals surface area contributed by atoms with Crippen LogP contribution in [-0.4, -0.2) is 45.5 Å². The number of hydrazine groups is 1. The zero-order chi connectivity index (χ0) is 14.8. The first-order valence-electron chi connectivity index (χ1n) is 6.33. The molecule has 1 fully saturated rings. The Labute approximate surface area is 128 Å². The van der Waals surface area contributed by atoms with E-state index < -0.39 is 10.5 Å². The minimum absolute atomic E-state index is 0.187. The molecule has 110 valence electrons. The molecule has 20 heavy (non-hydrogen) atoms. The molecule has 0 aromatic carbocycles. The molecule has 1 atom stereocenters. The van der Waals surface area contributed by atoms with Gasteiger partial charge in [0.25, 0.3) is 0 Å². The second-order valence-electron chi connectivity index (χ2n) is 5.19. The molecule has 7 heteroatoms. The number of aliphatic hydroxyl groups is 1. The SMILES string of the molecule is CN=CN(N)CC(O)(Cc1ccncc1Cl)C1(Cl)CC1. The van der Waals surface area contributed by atoms with Gasteiger partial charge in [-0.05, 0) is 24.5 Å². The highest BCUT2D eigenvalue weighted by atomic mass is 35.5. The fourth-order valence-electron chi connectivity index (χ4n) is 2.28. The molecule has 1 aromatic heterocycles. The highest BCUT2D eigenvalue weighted by Crippen LogP contribution is 2.52. The summed E-state index contributed by atoms with van der Waals surface area (Å²) in [5.41, 5.74) is -0.368. The van der Waals surface area contributed by atoms with Crippen molar-refractivity contribution in [1.82, 2.24) is 9.99 Å². The summed E-state index contributed by atoms with van der Waals surface area (Å²) in [6, 6.07) is 1.78. The Morgan fingerprint density at radius 2 is 2.35 bits per heavy atom. The Bertz CT molecular complexity index is 507. The Balaban J connectivity index is 2.22. The number of rotatable bonds is 6. The van der Waals surface area contributed by atoms with Crippen LogP contribution in [0.3, 0.4) is 0 Å². The van der Waals surface area contributed by atoms with E-state index in [1.165, 1.54) is 11.3 Å². The summed E-state index contributed by atoms with van der Waals surface area (Å²) in [5.74, 6) is 5.81. The van der Waals surface area contributed by atoms with Crippen molar-refractivity contribution in [3.8, 4) is 0 Å². The van der Waals surface area contributed by atoms with E-state index >= 15 is 0 Å². The van der Waals surface area contributed by atoms with E-state index in [4.69, 9.17) is 29.0 Å². The molecular formula is C13H18Cl2N4O. The van der Waals surface area contributed by atoms with Crippen LogP contribution in [0.25, 0.3) is 0 Å². The van der Waals surface area contributed by atoms with Crippen molar-refractivity contribution in [3.63, 3.8) is 0 Å². The number of hydrogen-bond donors (Lipinski definition) is 2. The summed E-state index contributed by atoms with van der Waals surface area (Å²) in [6.07, 6.45) is 6.49. The molecule has 0 spiro atoms. The summed E-state index contributed by atoms with van der Waals surface area (Å²) < 4.78 is 0. The number of alkyl halides is 1. The van der Waals surface area contributed by atoms with Gasteiger partial charge in [0.15, 0.2) is 0 Å². The minimum Gasteiger partial charge on any atom is -0.386 e. The van der Waals surface area contributed by atoms with E-state index in [0.717, 1.165) is 18.4 Å². The first-order valence-corrected chi connectivity index (χ1v) is 7.09. The smallest absolute Gasteiger partial charge is 0.107 e. The molecule has 1 saturated carbocycles. The maximum Gasteiger partial charge on any atom is 0.107 e. The Morgan fingerprint density at radius 1 is 1.65 bits per heavy atom. The zero-order valence-corrected chi connectivity index (χ0v) is 12.8. The summed E-state index contributed by atoms with van der Waals surface area (Å²) in [6.45, 7) is 0.187. The Hall–Kier alpha value is -0.880. The summed E-state index contributed by atoms with van der Waals surface area (Å²) in [4.78, 5) is 7.12. The van der Waals surface area contributed by atoms with Crippen molar-refractivity contribution in [1.29, 1.82) is 0 Å². The zero-order valence-electron chi connectivity index (χ0n) is 11.3. The normalized spacial score (nSPS) is 19.9. The van der Waals surface area contributed by atoms with Crippen LogP contribution in [-0.2, 0) is 6.42 Å². The fourth-order valence-corrected chi connectivity index (χ4v) is 2.69. The highest BCUT2D eigenvalue weighted by molar-refractivity contribution is 6.31. The molecule has 0 aliphatic heterocycles. The van der Waals surface area contributed by atoms with Crippen molar-refractivity contribution in [2.24, 2.45) is 10.8 Å². The van der Waals surface area contributed by atoms with Crippen LogP contribution in [0.15, 0.2) is 23.5 Å². The lowest BCUT2D eigenvalue weighted by Gasteiger charge is -2.35. The summed E-state index contributed by atoms with van der Waals surface area (Å²) in [5, 5.41) is 12.8. The molecule has 1 aliphatic carbocycles. The van der Waals surface area contributed by atoms with Gasteiger partial charge in [0.05, 0.1) is 22.8 Å². The van der Waals surface area contributed by atoms with Gasteiger partial charge < -0.3 is 5.11 Å². The summed E-state index contributed by atoms with van der Waals surface area (Å²) in [7, 11) is 1.62. The second-order valence-corrected chi connectivity index (χ2v) is 6.32. The average Bonchev–Trinajstić information content (AvgIpc) is 3.12. The first kappa shape index (κ1) is 15.5. The lowest BCUT2D eigenvalue weighted by molar-refractivity contribution is 0.00930. The highest BCUT2D eigenvalue weighted by Gasteiger charge is 2.58. The van der Waals surface area contributed by atoms with Gasteiger partial charge in [0.2, 0.25) is 0 Å². The largest absolute Gasteiger partial charge is 0.386 e. The molecule has 1 heterocycles. The molecule has 0 bridgehead atoms. The minimum atomic E-state index is -1.17. The Kier molecular flexibility index (Phi) is 4.54. The quantitative estimate of drug-likeness (QED) is 0.275.